The van der Waals surface area contributed by atoms with Crippen molar-refractivity contribution in [3.8, 4) is 0 Å². The molecule has 0 unspecified atom stereocenters. The molecule has 0 aliphatic rings. The SMILES string of the molecule is O=C(O)c1cccn(CC=CCl)c1=O. The number of rotatable bonds is 3. The van der Waals surface area contributed by atoms with Gasteiger partial charge in [0.1, 0.15) is 5.56 Å². The maximum Gasteiger partial charge on any atom is 0.341 e. The molecular formula is C9H8ClNO3. The van der Waals surface area contributed by atoms with E-state index in [4.69, 9.17) is 16.7 Å². The first kappa shape index (κ1) is 10.5. The molecule has 0 aliphatic heterocycles. The second-order valence-electron chi connectivity index (χ2n) is 2.55. The van der Waals surface area contributed by atoms with Gasteiger partial charge in [0.15, 0.2) is 0 Å². The van der Waals surface area contributed by atoms with E-state index in [1.165, 1.54) is 28.4 Å². The molecule has 0 saturated heterocycles. The van der Waals surface area contributed by atoms with Crippen LogP contribution in [0.5, 0.6) is 0 Å². The lowest BCUT2D eigenvalue weighted by Gasteiger charge is -2.01. The Kier molecular flexibility index (Phi) is 3.48. The van der Waals surface area contributed by atoms with Gasteiger partial charge in [-0.15, -0.1) is 0 Å². The Bertz CT molecular complexity index is 422. The molecule has 1 aromatic heterocycles. The van der Waals surface area contributed by atoms with Gasteiger partial charge in [0.25, 0.3) is 5.56 Å². The predicted octanol–water partition coefficient (Wildman–Crippen LogP) is 1.30. The van der Waals surface area contributed by atoms with Gasteiger partial charge in [-0.05, 0) is 12.1 Å². The van der Waals surface area contributed by atoms with Crippen LogP contribution in [0, 0.1) is 0 Å². The highest BCUT2D eigenvalue weighted by molar-refractivity contribution is 6.25. The lowest BCUT2D eigenvalue weighted by atomic mass is 10.3. The monoisotopic (exact) mass is 213 g/mol. The molecule has 1 aromatic rings. The zero-order valence-electron chi connectivity index (χ0n) is 7.18. The Morgan fingerprint density at radius 3 is 2.93 bits per heavy atom. The van der Waals surface area contributed by atoms with E-state index in [0.717, 1.165) is 0 Å². The molecule has 0 spiro atoms. The highest BCUT2D eigenvalue weighted by atomic mass is 35.5. The molecule has 0 saturated carbocycles. The van der Waals surface area contributed by atoms with Crippen molar-refractivity contribution in [3.05, 3.63) is 45.9 Å². The maximum atomic E-state index is 11.4. The van der Waals surface area contributed by atoms with Gasteiger partial charge in [0.05, 0.1) is 0 Å². The number of allylic oxidation sites excluding steroid dienone is 1. The third-order valence-corrected chi connectivity index (χ3v) is 1.82. The summed E-state index contributed by atoms with van der Waals surface area (Å²) in [5.41, 5.74) is 0.505. The first-order valence-electron chi connectivity index (χ1n) is 3.85. The minimum Gasteiger partial charge on any atom is -0.477 e. The fourth-order valence-corrected chi connectivity index (χ4v) is 1.08. The van der Waals surface area contributed by atoms with Gasteiger partial charge in [0.2, 0.25) is 0 Å². The summed E-state index contributed by atoms with van der Waals surface area (Å²) in [6.07, 6.45) is 3.06. The zero-order chi connectivity index (χ0) is 10.6. The van der Waals surface area contributed by atoms with Crippen LogP contribution in [-0.2, 0) is 6.54 Å². The van der Waals surface area contributed by atoms with Crippen LogP contribution in [0.4, 0.5) is 0 Å². The van der Waals surface area contributed by atoms with Crippen LogP contribution in [-0.4, -0.2) is 15.6 Å². The van der Waals surface area contributed by atoms with Crippen molar-refractivity contribution in [2.75, 3.05) is 0 Å². The van der Waals surface area contributed by atoms with Gasteiger partial charge >= 0.3 is 5.97 Å². The van der Waals surface area contributed by atoms with Gasteiger partial charge in [-0.2, -0.15) is 0 Å². The lowest BCUT2D eigenvalue weighted by Crippen LogP contribution is -2.25. The van der Waals surface area contributed by atoms with Crippen LogP contribution in [0.15, 0.2) is 34.7 Å². The Morgan fingerprint density at radius 2 is 2.36 bits per heavy atom. The molecule has 0 fully saturated rings. The normalized spacial score (nSPS) is 10.6. The Morgan fingerprint density at radius 1 is 1.64 bits per heavy atom. The van der Waals surface area contributed by atoms with Crippen molar-refractivity contribution in [2.24, 2.45) is 0 Å². The van der Waals surface area contributed by atoms with E-state index in [1.807, 2.05) is 0 Å². The number of aromatic carboxylic acids is 1. The molecule has 0 atom stereocenters. The second kappa shape index (κ2) is 4.62. The summed E-state index contributed by atoms with van der Waals surface area (Å²) in [6.45, 7) is 0.267. The number of carboxylic acid groups (broad SMARTS) is 1. The number of aromatic nitrogens is 1. The first-order valence-corrected chi connectivity index (χ1v) is 4.28. The fraction of sp³-hybridized carbons (Fsp3) is 0.111. The minimum atomic E-state index is -1.22. The van der Waals surface area contributed by atoms with E-state index in [1.54, 1.807) is 6.08 Å². The molecule has 1 heterocycles. The van der Waals surface area contributed by atoms with Crippen LogP contribution < -0.4 is 5.56 Å². The minimum absolute atomic E-state index is 0.240. The van der Waals surface area contributed by atoms with Crippen molar-refractivity contribution in [1.29, 1.82) is 0 Å². The number of pyridine rings is 1. The fourth-order valence-electron chi connectivity index (χ4n) is 0.997. The van der Waals surface area contributed by atoms with E-state index < -0.39 is 11.5 Å². The summed E-state index contributed by atoms with van der Waals surface area (Å²) >= 11 is 5.29. The van der Waals surface area contributed by atoms with Gasteiger partial charge in [-0.3, -0.25) is 4.79 Å². The molecule has 0 bridgehead atoms. The Balaban J connectivity index is 3.14. The molecule has 5 heteroatoms. The molecule has 0 aliphatic carbocycles. The molecule has 0 amide bonds. The number of halogens is 1. The van der Waals surface area contributed by atoms with Crippen LogP contribution in [0.2, 0.25) is 0 Å². The van der Waals surface area contributed by atoms with Gasteiger partial charge in [0, 0.05) is 18.3 Å². The van der Waals surface area contributed by atoms with Crippen LogP contribution in [0.25, 0.3) is 0 Å². The molecule has 1 rings (SSSR count). The number of hydrogen-bond acceptors (Lipinski definition) is 2. The third-order valence-electron chi connectivity index (χ3n) is 1.64. The predicted molar refractivity (Wildman–Crippen MR) is 52.7 cm³/mol. The van der Waals surface area contributed by atoms with E-state index in [0.29, 0.717) is 0 Å². The summed E-state index contributed by atoms with van der Waals surface area (Å²) in [7, 11) is 0. The van der Waals surface area contributed by atoms with Crippen molar-refractivity contribution in [2.45, 2.75) is 6.54 Å². The van der Waals surface area contributed by atoms with Crippen molar-refractivity contribution in [1.82, 2.24) is 4.57 Å². The standard InChI is InChI=1S/C9H8ClNO3/c10-4-2-6-11-5-1-3-7(8(11)12)9(13)14/h1-5H,6H2,(H,13,14). The molecule has 0 radical (unpaired) electrons. The van der Waals surface area contributed by atoms with Crippen LogP contribution >= 0.6 is 11.6 Å². The zero-order valence-corrected chi connectivity index (χ0v) is 7.94. The van der Waals surface area contributed by atoms with Crippen molar-refractivity contribution >= 4 is 17.6 Å². The van der Waals surface area contributed by atoms with E-state index in [2.05, 4.69) is 0 Å². The molecule has 14 heavy (non-hydrogen) atoms. The smallest absolute Gasteiger partial charge is 0.341 e. The molecular weight excluding hydrogens is 206 g/mol. The number of nitrogens with zero attached hydrogens (tertiary/aromatic N) is 1. The quantitative estimate of drug-likeness (QED) is 0.823. The lowest BCUT2D eigenvalue weighted by molar-refractivity contribution is 0.0694. The summed E-state index contributed by atoms with van der Waals surface area (Å²) in [5, 5.41) is 8.66. The second-order valence-corrected chi connectivity index (χ2v) is 2.80. The number of carboxylic acids is 1. The average Bonchev–Trinajstić information content (AvgIpc) is 2.16. The van der Waals surface area contributed by atoms with Gasteiger partial charge < -0.3 is 9.67 Å². The van der Waals surface area contributed by atoms with Crippen molar-refractivity contribution < 1.29 is 9.90 Å². The number of carbonyl (C=O) groups is 1. The molecule has 0 aromatic carbocycles. The molecule has 1 N–H and O–H groups in total. The average molecular weight is 214 g/mol. The first-order chi connectivity index (χ1) is 6.66. The summed E-state index contributed by atoms with van der Waals surface area (Å²) < 4.78 is 1.27. The third kappa shape index (κ3) is 2.23. The highest BCUT2D eigenvalue weighted by Crippen LogP contribution is 1.92. The summed E-state index contributed by atoms with van der Waals surface area (Å²) in [4.78, 5) is 22.0. The highest BCUT2D eigenvalue weighted by Gasteiger charge is 2.08. The maximum absolute atomic E-state index is 11.4. The largest absolute Gasteiger partial charge is 0.477 e. The van der Waals surface area contributed by atoms with Crippen LogP contribution in [0.3, 0.4) is 0 Å². The van der Waals surface area contributed by atoms with E-state index >= 15 is 0 Å². The van der Waals surface area contributed by atoms with Gasteiger partial charge in [-0.1, -0.05) is 17.7 Å². The van der Waals surface area contributed by atoms with Crippen molar-refractivity contribution in [3.63, 3.8) is 0 Å². The topological polar surface area (TPSA) is 59.3 Å². The van der Waals surface area contributed by atoms with E-state index in [-0.39, 0.29) is 12.1 Å². The Labute approximate surface area is 85.1 Å². The molecule has 4 nitrogen and oxygen atoms in total. The summed E-state index contributed by atoms with van der Waals surface area (Å²) in [5.74, 6) is -1.22. The van der Waals surface area contributed by atoms with Gasteiger partial charge in [-0.25, -0.2) is 4.79 Å². The summed E-state index contributed by atoms with van der Waals surface area (Å²) in [6, 6.07) is 2.78. The Hall–Kier alpha value is -1.55. The van der Waals surface area contributed by atoms with E-state index in [9.17, 15) is 9.59 Å². The molecule has 74 valence electrons. The number of hydrogen-bond donors (Lipinski definition) is 1. The van der Waals surface area contributed by atoms with Crippen LogP contribution in [0.1, 0.15) is 10.4 Å².